The van der Waals surface area contributed by atoms with Crippen LogP contribution in [0.2, 0.25) is 0 Å². The first kappa shape index (κ1) is 14.6. The van der Waals surface area contributed by atoms with Crippen LogP contribution < -0.4 is 5.73 Å². The summed E-state index contributed by atoms with van der Waals surface area (Å²) in [6.07, 6.45) is 4.90. The van der Waals surface area contributed by atoms with E-state index in [1.54, 1.807) is 17.3 Å². The molecule has 0 aromatic carbocycles. The first-order chi connectivity index (χ1) is 8.44. The third-order valence-electron chi connectivity index (χ3n) is 3.09. The summed E-state index contributed by atoms with van der Waals surface area (Å²) in [5.74, 6) is 0.152. The summed E-state index contributed by atoms with van der Waals surface area (Å²) in [6.45, 7) is 5.28. The highest BCUT2D eigenvalue weighted by Crippen LogP contribution is 2.19. The zero-order chi connectivity index (χ0) is 13.6. The molecule has 18 heavy (non-hydrogen) atoms. The fourth-order valence-corrected chi connectivity index (χ4v) is 1.59. The highest BCUT2D eigenvalue weighted by atomic mass is 16.2. The second-order valence-corrected chi connectivity index (χ2v) is 5.47. The summed E-state index contributed by atoms with van der Waals surface area (Å²) in [6, 6.07) is 3.95. The molecule has 0 aliphatic rings. The van der Waals surface area contributed by atoms with E-state index in [1.807, 2.05) is 33.0 Å². The van der Waals surface area contributed by atoms with Crippen LogP contribution >= 0.6 is 0 Å². The Morgan fingerprint density at radius 3 is 2.56 bits per heavy atom. The Hall–Kier alpha value is -1.42. The Bertz CT molecular complexity index is 376. The Morgan fingerprint density at radius 1 is 1.39 bits per heavy atom. The Balaban J connectivity index is 2.41. The van der Waals surface area contributed by atoms with Crippen LogP contribution in [-0.4, -0.2) is 35.9 Å². The maximum Gasteiger partial charge on any atom is 0.222 e. The minimum Gasteiger partial charge on any atom is -0.345 e. The third-order valence-corrected chi connectivity index (χ3v) is 3.09. The van der Waals surface area contributed by atoms with E-state index in [0.717, 1.165) is 13.0 Å². The molecule has 0 radical (unpaired) electrons. The molecule has 4 heteroatoms. The number of hydrogen-bond donors (Lipinski definition) is 1. The van der Waals surface area contributed by atoms with Crippen molar-refractivity contribution < 1.29 is 4.79 Å². The van der Waals surface area contributed by atoms with Gasteiger partial charge in [-0.05, 0) is 36.1 Å². The number of rotatable bonds is 6. The molecule has 1 amide bonds. The Kier molecular flexibility index (Phi) is 5.28. The quantitative estimate of drug-likeness (QED) is 0.830. The van der Waals surface area contributed by atoms with Gasteiger partial charge in [0, 0.05) is 32.4 Å². The molecule has 0 fully saturated rings. The van der Waals surface area contributed by atoms with Gasteiger partial charge >= 0.3 is 0 Å². The molecule has 0 bridgehead atoms. The van der Waals surface area contributed by atoms with E-state index in [4.69, 9.17) is 5.73 Å². The minimum absolute atomic E-state index is 0.123. The largest absolute Gasteiger partial charge is 0.345 e. The van der Waals surface area contributed by atoms with Crippen LogP contribution in [0.25, 0.3) is 0 Å². The number of carbonyl (C=O) groups is 1. The molecule has 0 aliphatic carbocycles. The molecule has 1 aromatic heterocycles. The summed E-state index contributed by atoms with van der Waals surface area (Å²) in [5.41, 5.74) is 6.72. The normalized spacial score (nSPS) is 11.3. The van der Waals surface area contributed by atoms with E-state index < -0.39 is 0 Å². The molecule has 2 N–H and O–H groups in total. The zero-order valence-corrected chi connectivity index (χ0v) is 11.5. The van der Waals surface area contributed by atoms with Crippen LogP contribution in [-0.2, 0) is 11.2 Å². The van der Waals surface area contributed by atoms with Gasteiger partial charge in [0.2, 0.25) is 5.91 Å². The number of pyridine rings is 1. The minimum atomic E-state index is -0.123. The van der Waals surface area contributed by atoms with E-state index in [-0.39, 0.29) is 11.3 Å². The summed E-state index contributed by atoms with van der Waals surface area (Å²) in [4.78, 5) is 17.7. The van der Waals surface area contributed by atoms with Crippen molar-refractivity contribution in [3.63, 3.8) is 0 Å². The Morgan fingerprint density at radius 2 is 2.00 bits per heavy atom. The monoisotopic (exact) mass is 249 g/mol. The molecule has 0 unspecified atom stereocenters. The number of hydrogen-bond acceptors (Lipinski definition) is 3. The maximum atomic E-state index is 12.0. The maximum absolute atomic E-state index is 12.0. The molecule has 0 aliphatic heterocycles. The Labute approximate surface area is 109 Å². The molecule has 0 saturated heterocycles. The number of likely N-dealkylation sites (N-methyl/N-ethyl adjacent to an activating group) is 1. The number of nitrogens with two attached hydrogens (primary N) is 1. The predicted molar refractivity (Wildman–Crippen MR) is 73.0 cm³/mol. The van der Waals surface area contributed by atoms with Gasteiger partial charge in [0.1, 0.15) is 0 Å². The van der Waals surface area contributed by atoms with Crippen molar-refractivity contribution in [2.24, 2.45) is 11.1 Å². The highest BCUT2D eigenvalue weighted by Gasteiger charge is 2.22. The number of nitrogens with zero attached hydrogens (tertiary/aromatic N) is 2. The molecule has 4 nitrogen and oxygen atoms in total. The van der Waals surface area contributed by atoms with Crippen LogP contribution in [0.5, 0.6) is 0 Å². The average molecular weight is 249 g/mol. The van der Waals surface area contributed by atoms with Gasteiger partial charge in [0.05, 0.1) is 0 Å². The molecular formula is C14H23N3O. The van der Waals surface area contributed by atoms with E-state index in [0.29, 0.717) is 13.0 Å². The van der Waals surface area contributed by atoms with Crippen molar-refractivity contribution in [3.05, 3.63) is 30.1 Å². The topological polar surface area (TPSA) is 59.2 Å². The molecular weight excluding hydrogens is 226 g/mol. The lowest BCUT2D eigenvalue weighted by atomic mass is 9.89. The van der Waals surface area contributed by atoms with Crippen molar-refractivity contribution in [3.8, 4) is 0 Å². The van der Waals surface area contributed by atoms with Crippen LogP contribution in [0.15, 0.2) is 24.5 Å². The molecule has 0 saturated carbocycles. The van der Waals surface area contributed by atoms with Gasteiger partial charge in [-0.3, -0.25) is 9.78 Å². The van der Waals surface area contributed by atoms with Gasteiger partial charge in [-0.2, -0.15) is 0 Å². The smallest absolute Gasteiger partial charge is 0.222 e. The fraction of sp³-hybridized carbons (Fsp3) is 0.571. The lowest BCUT2D eigenvalue weighted by Crippen LogP contribution is -2.35. The van der Waals surface area contributed by atoms with Crippen LogP contribution in [0.1, 0.15) is 25.8 Å². The molecule has 0 spiro atoms. The summed E-state index contributed by atoms with van der Waals surface area (Å²) >= 11 is 0. The zero-order valence-electron chi connectivity index (χ0n) is 11.5. The summed E-state index contributed by atoms with van der Waals surface area (Å²) in [7, 11) is 1.84. The van der Waals surface area contributed by atoms with Gasteiger partial charge in [-0.1, -0.05) is 13.8 Å². The van der Waals surface area contributed by atoms with E-state index in [9.17, 15) is 4.79 Å². The summed E-state index contributed by atoms with van der Waals surface area (Å²) in [5, 5.41) is 0. The number of amides is 1. The first-order valence-electron chi connectivity index (χ1n) is 6.27. The van der Waals surface area contributed by atoms with Crippen molar-refractivity contribution in [1.82, 2.24) is 9.88 Å². The molecule has 100 valence electrons. The number of aromatic nitrogens is 1. The van der Waals surface area contributed by atoms with Gasteiger partial charge < -0.3 is 10.6 Å². The highest BCUT2D eigenvalue weighted by molar-refractivity contribution is 5.76. The standard InChI is InChI=1S/C14H23N3O/c1-14(2,11-15)10-13(18)17(3)9-6-12-4-7-16-8-5-12/h4-5,7-8H,6,9-11,15H2,1-3H3. The number of carbonyl (C=O) groups excluding carboxylic acids is 1. The van der Waals surface area contributed by atoms with Crippen LogP contribution in [0, 0.1) is 5.41 Å². The fourth-order valence-electron chi connectivity index (χ4n) is 1.59. The second-order valence-electron chi connectivity index (χ2n) is 5.47. The molecule has 0 atom stereocenters. The SMILES string of the molecule is CN(CCc1ccncc1)C(=O)CC(C)(C)CN. The van der Waals surface area contributed by atoms with Gasteiger partial charge in [0.15, 0.2) is 0 Å². The van der Waals surface area contributed by atoms with Gasteiger partial charge in [0.25, 0.3) is 0 Å². The second kappa shape index (κ2) is 6.50. The molecule has 1 heterocycles. The lowest BCUT2D eigenvalue weighted by molar-refractivity contribution is -0.131. The molecule has 1 aromatic rings. The van der Waals surface area contributed by atoms with Gasteiger partial charge in [-0.25, -0.2) is 0 Å². The van der Waals surface area contributed by atoms with Crippen molar-refractivity contribution in [1.29, 1.82) is 0 Å². The third kappa shape index (κ3) is 4.84. The predicted octanol–water partition coefficient (Wildman–Crippen LogP) is 1.46. The van der Waals surface area contributed by atoms with E-state index in [1.165, 1.54) is 5.56 Å². The van der Waals surface area contributed by atoms with E-state index in [2.05, 4.69) is 4.98 Å². The van der Waals surface area contributed by atoms with Crippen LogP contribution in [0.4, 0.5) is 0 Å². The van der Waals surface area contributed by atoms with Crippen molar-refractivity contribution >= 4 is 5.91 Å². The lowest BCUT2D eigenvalue weighted by Gasteiger charge is -2.25. The molecule has 1 rings (SSSR count). The average Bonchev–Trinajstić information content (AvgIpc) is 2.36. The van der Waals surface area contributed by atoms with Crippen molar-refractivity contribution in [2.75, 3.05) is 20.1 Å². The van der Waals surface area contributed by atoms with Gasteiger partial charge in [-0.15, -0.1) is 0 Å². The van der Waals surface area contributed by atoms with Crippen molar-refractivity contribution in [2.45, 2.75) is 26.7 Å². The van der Waals surface area contributed by atoms with E-state index >= 15 is 0 Å². The summed E-state index contributed by atoms with van der Waals surface area (Å²) < 4.78 is 0. The van der Waals surface area contributed by atoms with Crippen LogP contribution in [0.3, 0.4) is 0 Å². The first-order valence-corrected chi connectivity index (χ1v) is 6.27.